The van der Waals surface area contributed by atoms with Crippen molar-refractivity contribution >= 4 is 23.0 Å². The minimum absolute atomic E-state index is 0. The Hall–Kier alpha value is -1.69. The number of carbonyl (C=O) groups excluding carboxylic acids is 1. The number of carboxylic acids is 1. The molecule has 0 unspecified atom stereocenters. The van der Waals surface area contributed by atoms with Crippen molar-refractivity contribution in [2.75, 3.05) is 29.4 Å². The topological polar surface area (TPSA) is 55.8 Å². The van der Waals surface area contributed by atoms with E-state index in [-0.39, 0.29) is 46.5 Å². The van der Waals surface area contributed by atoms with Gasteiger partial charge >= 0.3 is 29.6 Å². The van der Waals surface area contributed by atoms with Crippen LogP contribution in [0.3, 0.4) is 0 Å². The van der Waals surface area contributed by atoms with E-state index in [0.717, 1.165) is 29.4 Å². The fourth-order valence-electron chi connectivity index (χ4n) is 4.01. The molecule has 2 heterocycles. The molecule has 2 aromatic rings. The number of carbonyl (C=O) groups is 1. The molecule has 6 heteroatoms. The quantitative estimate of drug-likeness (QED) is 0.682. The Morgan fingerprint density at radius 2 is 1.77 bits per heavy atom. The van der Waals surface area contributed by atoms with Crippen LogP contribution < -0.4 is 49.2 Å². The summed E-state index contributed by atoms with van der Waals surface area (Å²) in [5.41, 5.74) is 4.16. The zero-order valence-electron chi connectivity index (χ0n) is 18.9. The third kappa shape index (κ3) is 4.48. The zero-order valence-corrected chi connectivity index (χ0v) is 20.9. The fourth-order valence-corrected chi connectivity index (χ4v) is 4.01. The van der Waals surface area contributed by atoms with Gasteiger partial charge in [0.1, 0.15) is 11.4 Å². The van der Waals surface area contributed by atoms with E-state index < -0.39 is 5.97 Å². The second-order valence-corrected chi connectivity index (χ2v) is 9.82. The van der Waals surface area contributed by atoms with Crippen LogP contribution in [-0.4, -0.2) is 31.2 Å². The fraction of sp³-hybridized carbons (Fsp3) is 0.458. The van der Waals surface area contributed by atoms with Crippen molar-refractivity contribution in [1.29, 1.82) is 0 Å². The smallest absolute Gasteiger partial charge is 0.550 e. The molecule has 2 aliphatic rings. The van der Waals surface area contributed by atoms with Crippen molar-refractivity contribution in [3.05, 3.63) is 48.0 Å². The predicted molar refractivity (Wildman–Crippen MR) is 114 cm³/mol. The second kappa shape index (κ2) is 8.10. The second-order valence-electron chi connectivity index (χ2n) is 9.82. The Morgan fingerprint density at radius 3 is 2.40 bits per heavy atom. The summed E-state index contributed by atoms with van der Waals surface area (Å²) in [6.45, 7) is 12.6. The zero-order chi connectivity index (χ0) is 21.0. The van der Waals surface area contributed by atoms with Crippen LogP contribution in [0, 0.1) is 5.92 Å². The van der Waals surface area contributed by atoms with E-state index in [4.69, 9.17) is 4.74 Å². The molecular formula is C24H29N2NaO3. The van der Waals surface area contributed by atoms with Crippen molar-refractivity contribution in [2.24, 2.45) is 5.92 Å². The van der Waals surface area contributed by atoms with Crippen molar-refractivity contribution < 1.29 is 44.2 Å². The van der Waals surface area contributed by atoms with Gasteiger partial charge in [-0.3, -0.25) is 0 Å². The molecule has 0 bridgehead atoms. The molecule has 0 atom stereocenters. The minimum atomic E-state index is -0.962. The standard InChI is InChI=1S/C24H30N2O3.Na/c1-23(2,3)17-9-10-20-21(11-17)29-24(4,5)15-26(20)19-8-6-7-18(12-19)25-13-16(14-25)22(27)28;/h6-12,16H,13-15H2,1-5H3,(H,27,28);/q;+1/p-1. The third-order valence-corrected chi connectivity index (χ3v) is 5.76. The first-order valence-electron chi connectivity index (χ1n) is 10.2. The minimum Gasteiger partial charge on any atom is -0.550 e. The van der Waals surface area contributed by atoms with Crippen LogP contribution in [0.2, 0.25) is 0 Å². The van der Waals surface area contributed by atoms with Gasteiger partial charge in [-0.25, -0.2) is 0 Å². The molecule has 0 spiro atoms. The summed E-state index contributed by atoms with van der Waals surface area (Å²) in [6.07, 6.45) is 0. The number of nitrogens with zero attached hydrogens (tertiary/aromatic N) is 2. The first kappa shape index (κ1) is 23.0. The number of benzene rings is 2. The van der Waals surface area contributed by atoms with E-state index in [1.54, 1.807) is 0 Å². The summed E-state index contributed by atoms with van der Waals surface area (Å²) in [5.74, 6) is -0.437. The van der Waals surface area contributed by atoms with Gasteiger partial charge in [0.25, 0.3) is 0 Å². The van der Waals surface area contributed by atoms with Gasteiger partial charge in [0.15, 0.2) is 0 Å². The molecule has 1 fully saturated rings. The van der Waals surface area contributed by atoms with Crippen LogP contribution in [-0.2, 0) is 10.2 Å². The van der Waals surface area contributed by atoms with E-state index in [0.29, 0.717) is 13.1 Å². The molecule has 1 saturated heterocycles. The molecule has 0 saturated carbocycles. The van der Waals surface area contributed by atoms with Crippen LogP contribution in [0.25, 0.3) is 0 Å². The number of fused-ring (bicyclic) bond motifs is 1. The summed E-state index contributed by atoms with van der Waals surface area (Å²) >= 11 is 0. The maximum absolute atomic E-state index is 11.0. The Bertz CT molecular complexity index is 946. The SMILES string of the molecule is CC1(C)CN(c2cccc(N3CC(C(=O)[O-])C3)c2)c2ccc(C(C)(C)C)cc2O1.[Na+]. The monoisotopic (exact) mass is 416 g/mol. The van der Waals surface area contributed by atoms with E-state index in [9.17, 15) is 9.90 Å². The number of carboxylic acid groups (broad SMARTS) is 1. The van der Waals surface area contributed by atoms with Crippen LogP contribution in [0.15, 0.2) is 42.5 Å². The first-order chi connectivity index (χ1) is 13.5. The van der Waals surface area contributed by atoms with Crippen LogP contribution in [0.1, 0.15) is 40.2 Å². The maximum atomic E-state index is 11.0. The van der Waals surface area contributed by atoms with Gasteiger partial charge in [-0.2, -0.15) is 0 Å². The van der Waals surface area contributed by atoms with Crippen LogP contribution >= 0.6 is 0 Å². The number of hydrogen-bond acceptors (Lipinski definition) is 5. The Labute approximate surface area is 201 Å². The molecule has 4 rings (SSSR count). The average molecular weight is 416 g/mol. The normalized spacial score (nSPS) is 18.0. The van der Waals surface area contributed by atoms with Gasteiger partial charge < -0.3 is 24.4 Å². The van der Waals surface area contributed by atoms with Crippen molar-refractivity contribution in [1.82, 2.24) is 0 Å². The first-order valence-corrected chi connectivity index (χ1v) is 10.2. The summed E-state index contributed by atoms with van der Waals surface area (Å²) in [6, 6.07) is 14.8. The molecule has 2 aliphatic heterocycles. The molecule has 0 radical (unpaired) electrons. The molecule has 0 aliphatic carbocycles. The summed E-state index contributed by atoms with van der Waals surface area (Å²) in [7, 11) is 0. The average Bonchev–Trinajstić information content (AvgIpc) is 2.57. The van der Waals surface area contributed by atoms with E-state index >= 15 is 0 Å². The van der Waals surface area contributed by atoms with Gasteiger partial charge in [-0.15, -0.1) is 0 Å². The molecule has 5 nitrogen and oxygen atoms in total. The van der Waals surface area contributed by atoms with Crippen molar-refractivity contribution in [3.63, 3.8) is 0 Å². The molecule has 154 valence electrons. The van der Waals surface area contributed by atoms with E-state index in [1.165, 1.54) is 5.56 Å². The van der Waals surface area contributed by atoms with E-state index in [2.05, 4.69) is 74.8 Å². The van der Waals surface area contributed by atoms with Gasteiger partial charge in [0.2, 0.25) is 0 Å². The maximum Gasteiger partial charge on any atom is 1.00 e. The molecular weight excluding hydrogens is 387 g/mol. The van der Waals surface area contributed by atoms with Gasteiger partial charge in [0.05, 0.1) is 12.2 Å². The number of anilines is 3. The summed E-state index contributed by atoms with van der Waals surface area (Å²) < 4.78 is 6.33. The third-order valence-electron chi connectivity index (χ3n) is 5.76. The number of rotatable bonds is 3. The van der Waals surface area contributed by atoms with Gasteiger partial charge in [-0.1, -0.05) is 32.9 Å². The predicted octanol–water partition coefficient (Wildman–Crippen LogP) is 0.483. The molecule has 0 aromatic heterocycles. The Kier molecular flexibility index (Phi) is 6.21. The largest absolute Gasteiger partial charge is 1.00 e. The molecule has 2 aromatic carbocycles. The van der Waals surface area contributed by atoms with Gasteiger partial charge in [0, 0.05) is 36.4 Å². The van der Waals surface area contributed by atoms with Crippen molar-refractivity contribution in [2.45, 2.75) is 45.6 Å². The summed E-state index contributed by atoms with van der Waals surface area (Å²) in [5, 5.41) is 11.0. The van der Waals surface area contributed by atoms with E-state index in [1.807, 2.05) is 12.1 Å². The molecule has 0 N–H and O–H groups in total. The molecule has 0 amide bonds. The molecule has 30 heavy (non-hydrogen) atoms. The number of hydrogen-bond donors (Lipinski definition) is 0. The number of ether oxygens (including phenoxy) is 1. The Balaban J connectivity index is 0.00000256. The number of aliphatic carboxylic acids is 1. The van der Waals surface area contributed by atoms with Gasteiger partial charge in [-0.05, 0) is 55.2 Å². The Morgan fingerprint density at radius 1 is 1.10 bits per heavy atom. The summed E-state index contributed by atoms with van der Waals surface area (Å²) in [4.78, 5) is 15.4. The van der Waals surface area contributed by atoms with Crippen LogP contribution in [0.5, 0.6) is 5.75 Å². The van der Waals surface area contributed by atoms with Crippen molar-refractivity contribution in [3.8, 4) is 5.75 Å². The van der Waals surface area contributed by atoms with Crippen LogP contribution in [0.4, 0.5) is 17.1 Å².